The molecule has 0 aliphatic carbocycles. The second-order valence-electron chi connectivity index (χ2n) is 5.47. The predicted octanol–water partition coefficient (Wildman–Crippen LogP) is 3.09. The van der Waals surface area contributed by atoms with E-state index in [4.69, 9.17) is 11.6 Å². The fourth-order valence-corrected chi connectivity index (χ4v) is 2.76. The van der Waals surface area contributed by atoms with E-state index in [0.717, 1.165) is 11.1 Å². The minimum Gasteiger partial charge on any atom is -0.322 e. The number of fused-ring (bicyclic) bond motifs is 1. The van der Waals surface area contributed by atoms with Crippen molar-refractivity contribution >= 4 is 34.2 Å². The second kappa shape index (κ2) is 5.59. The zero-order valence-electron chi connectivity index (χ0n) is 13.1. The number of amides is 1. The number of aryl methyl sites for hydroxylation is 2. The third-order valence-electron chi connectivity index (χ3n) is 4.05. The van der Waals surface area contributed by atoms with E-state index in [9.17, 15) is 9.59 Å². The Bertz CT molecular complexity index is 985. The van der Waals surface area contributed by atoms with E-state index in [1.165, 1.54) is 4.57 Å². The molecule has 0 bridgehead atoms. The zero-order valence-corrected chi connectivity index (χ0v) is 13.8. The molecule has 0 radical (unpaired) electrons. The molecule has 0 saturated carbocycles. The van der Waals surface area contributed by atoms with Crippen LogP contribution >= 0.6 is 11.6 Å². The normalized spacial score (nSPS) is 11.0. The third-order valence-corrected chi connectivity index (χ3v) is 4.46. The first kappa shape index (κ1) is 15.4. The van der Waals surface area contributed by atoms with Gasteiger partial charge in [0.1, 0.15) is 0 Å². The van der Waals surface area contributed by atoms with Gasteiger partial charge < -0.3 is 5.32 Å². The number of nitrogens with zero attached hydrogens (tertiary/aromatic N) is 2. The number of benzene rings is 2. The number of hydrogen-bond acceptors (Lipinski definition) is 2. The van der Waals surface area contributed by atoms with Gasteiger partial charge in [0.25, 0.3) is 5.91 Å². The van der Waals surface area contributed by atoms with Crippen molar-refractivity contribution in [3.8, 4) is 0 Å². The highest BCUT2D eigenvalue weighted by atomic mass is 35.5. The van der Waals surface area contributed by atoms with Crippen LogP contribution in [0.5, 0.6) is 0 Å². The molecule has 0 fully saturated rings. The Hall–Kier alpha value is -2.53. The lowest BCUT2D eigenvalue weighted by Gasteiger charge is -2.09. The second-order valence-corrected chi connectivity index (χ2v) is 5.88. The number of nitrogens with one attached hydrogen (secondary N) is 1. The molecule has 5 nitrogen and oxygen atoms in total. The lowest BCUT2D eigenvalue weighted by molar-refractivity contribution is 0.102. The monoisotopic (exact) mass is 329 g/mol. The van der Waals surface area contributed by atoms with Crippen LogP contribution in [0.3, 0.4) is 0 Å². The summed E-state index contributed by atoms with van der Waals surface area (Å²) >= 11 is 6.07. The first-order chi connectivity index (χ1) is 10.9. The summed E-state index contributed by atoms with van der Waals surface area (Å²) in [6.07, 6.45) is 0. The number of aromatic nitrogens is 2. The van der Waals surface area contributed by atoms with Crippen molar-refractivity contribution in [1.29, 1.82) is 0 Å². The smallest absolute Gasteiger partial charge is 0.322 e. The topological polar surface area (TPSA) is 56.0 Å². The lowest BCUT2D eigenvalue weighted by Crippen LogP contribution is -2.19. The van der Waals surface area contributed by atoms with Crippen LogP contribution in [0.2, 0.25) is 5.02 Å². The molecule has 1 amide bonds. The fourth-order valence-electron chi connectivity index (χ4n) is 2.59. The zero-order chi connectivity index (χ0) is 16.7. The average molecular weight is 330 g/mol. The molecule has 0 unspecified atom stereocenters. The molecule has 0 spiro atoms. The van der Waals surface area contributed by atoms with Crippen LogP contribution in [-0.4, -0.2) is 15.0 Å². The molecule has 0 aliphatic heterocycles. The summed E-state index contributed by atoms with van der Waals surface area (Å²) < 4.78 is 3.08. The maximum atomic E-state index is 12.5. The van der Waals surface area contributed by atoms with Gasteiger partial charge >= 0.3 is 5.69 Å². The molecule has 1 N–H and O–H groups in total. The Morgan fingerprint density at radius 1 is 1.09 bits per heavy atom. The molecule has 118 valence electrons. The van der Waals surface area contributed by atoms with Gasteiger partial charge in [-0.25, -0.2) is 4.79 Å². The minimum atomic E-state index is -0.242. The summed E-state index contributed by atoms with van der Waals surface area (Å²) in [6.45, 7) is 1.85. The maximum Gasteiger partial charge on any atom is 0.328 e. The summed E-state index contributed by atoms with van der Waals surface area (Å²) in [4.78, 5) is 24.4. The molecule has 3 aromatic rings. The van der Waals surface area contributed by atoms with Crippen molar-refractivity contribution in [2.75, 3.05) is 5.32 Å². The van der Waals surface area contributed by atoms with Crippen LogP contribution < -0.4 is 11.0 Å². The highest BCUT2D eigenvalue weighted by Gasteiger charge is 2.13. The molecular weight excluding hydrogens is 314 g/mol. The molecular formula is C17H16ClN3O2. The minimum absolute atomic E-state index is 0.122. The SMILES string of the molecule is Cc1c(Cl)cccc1NC(=O)c1ccc2c(c1)n(C)c(=O)n2C. The molecule has 23 heavy (non-hydrogen) atoms. The van der Waals surface area contributed by atoms with Gasteiger partial charge in [-0.2, -0.15) is 0 Å². The van der Waals surface area contributed by atoms with Crippen molar-refractivity contribution in [2.24, 2.45) is 14.1 Å². The van der Waals surface area contributed by atoms with Gasteiger partial charge in [0.05, 0.1) is 11.0 Å². The van der Waals surface area contributed by atoms with E-state index in [-0.39, 0.29) is 11.6 Å². The summed E-state index contributed by atoms with van der Waals surface area (Å²) in [6, 6.07) is 10.6. The maximum absolute atomic E-state index is 12.5. The Balaban J connectivity index is 2.00. The van der Waals surface area contributed by atoms with Crippen LogP contribution in [0.15, 0.2) is 41.2 Å². The molecule has 0 saturated heterocycles. The quantitative estimate of drug-likeness (QED) is 0.785. The van der Waals surface area contributed by atoms with Crippen LogP contribution in [-0.2, 0) is 14.1 Å². The number of carbonyl (C=O) groups excluding carboxylic acids is 1. The molecule has 0 atom stereocenters. The van der Waals surface area contributed by atoms with Gasteiger partial charge in [0, 0.05) is 30.4 Å². The number of carbonyl (C=O) groups is 1. The fraction of sp³-hybridized carbons (Fsp3) is 0.176. The summed E-state index contributed by atoms with van der Waals surface area (Å²) in [5.41, 5.74) is 3.35. The average Bonchev–Trinajstić information content (AvgIpc) is 2.76. The van der Waals surface area contributed by atoms with Gasteiger partial charge in [-0.3, -0.25) is 13.9 Å². The summed E-state index contributed by atoms with van der Waals surface area (Å²) in [7, 11) is 3.40. The summed E-state index contributed by atoms with van der Waals surface area (Å²) in [5, 5.41) is 3.46. The van der Waals surface area contributed by atoms with Crippen LogP contribution in [0, 0.1) is 6.92 Å². The Morgan fingerprint density at radius 2 is 1.78 bits per heavy atom. The van der Waals surface area contributed by atoms with Crippen LogP contribution in [0.1, 0.15) is 15.9 Å². The van der Waals surface area contributed by atoms with Gasteiger partial charge in [0.15, 0.2) is 0 Å². The van der Waals surface area contributed by atoms with Crippen LogP contribution in [0.25, 0.3) is 11.0 Å². The Morgan fingerprint density at radius 3 is 2.52 bits per heavy atom. The number of hydrogen-bond donors (Lipinski definition) is 1. The Labute approximate surface area is 138 Å². The highest BCUT2D eigenvalue weighted by Crippen LogP contribution is 2.24. The van der Waals surface area contributed by atoms with Gasteiger partial charge in [0.2, 0.25) is 0 Å². The van der Waals surface area contributed by atoms with E-state index >= 15 is 0 Å². The van der Waals surface area contributed by atoms with E-state index in [0.29, 0.717) is 21.8 Å². The number of imidazole rings is 1. The van der Waals surface area contributed by atoms with E-state index in [1.807, 2.05) is 6.92 Å². The molecule has 0 aliphatic rings. The van der Waals surface area contributed by atoms with Crippen molar-refractivity contribution in [2.45, 2.75) is 6.92 Å². The number of anilines is 1. The number of rotatable bonds is 2. The lowest BCUT2D eigenvalue weighted by atomic mass is 10.1. The van der Waals surface area contributed by atoms with Gasteiger partial charge in [-0.1, -0.05) is 17.7 Å². The number of halogens is 1. The first-order valence-electron chi connectivity index (χ1n) is 7.12. The van der Waals surface area contributed by atoms with E-state index in [2.05, 4.69) is 5.32 Å². The van der Waals surface area contributed by atoms with Crippen molar-refractivity contribution in [3.63, 3.8) is 0 Å². The van der Waals surface area contributed by atoms with Crippen molar-refractivity contribution in [3.05, 3.63) is 63.0 Å². The van der Waals surface area contributed by atoms with E-state index in [1.54, 1.807) is 55.1 Å². The standard InChI is InChI=1S/C17H16ClN3O2/c1-10-12(18)5-4-6-13(10)19-16(22)11-7-8-14-15(9-11)21(3)17(23)20(14)2/h4-9H,1-3H3,(H,19,22). The first-order valence-corrected chi connectivity index (χ1v) is 7.50. The third kappa shape index (κ3) is 2.53. The molecule has 2 aromatic carbocycles. The van der Waals surface area contributed by atoms with Crippen molar-refractivity contribution in [1.82, 2.24) is 9.13 Å². The van der Waals surface area contributed by atoms with Gasteiger partial charge in [-0.15, -0.1) is 0 Å². The predicted molar refractivity (Wildman–Crippen MR) is 92.3 cm³/mol. The molecule has 1 aromatic heterocycles. The molecule has 3 rings (SSSR count). The highest BCUT2D eigenvalue weighted by molar-refractivity contribution is 6.31. The largest absolute Gasteiger partial charge is 0.328 e. The summed E-state index contributed by atoms with van der Waals surface area (Å²) in [5.74, 6) is -0.242. The van der Waals surface area contributed by atoms with E-state index < -0.39 is 0 Å². The molecule has 6 heteroatoms. The van der Waals surface area contributed by atoms with Gasteiger partial charge in [-0.05, 0) is 42.8 Å². The Kier molecular flexibility index (Phi) is 3.74. The van der Waals surface area contributed by atoms with Crippen molar-refractivity contribution < 1.29 is 4.79 Å². The molecule has 1 heterocycles. The van der Waals surface area contributed by atoms with Crippen LogP contribution in [0.4, 0.5) is 5.69 Å².